The molecule has 0 atom stereocenters. The van der Waals surface area contributed by atoms with Gasteiger partial charge in [-0.05, 0) is 59.8 Å². The molecule has 0 spiro atoms. The van der Waals surface area contributed by atoms with Crippen LogP contribution >= 0.6 is 11.8 Å². The molecule has 0 unspecified atom stereocenters. The average molecular weight is 569 g/mol. The number of anilines is 1. The van der Waals surface area contributed by atoms with E-state index < -0.39 is 34.8 Å². The molecule has 1 fully saturated rings. The fourth-order valence-electron chi connectivity index (χ4n) is 3.76. The van der Waals surface area contributed by atoms with Crippen LogP contribution in [0.4, 0.5) is 33.3 Å². The highest BCUT2D eigenvalue weighted by Gasteiger charge is 2.35. The molecule has 0 N–H and O–H groups in total. The summed E-state index contributed by atoms with van der Waals surface area (Å²) in [5, 5.41) is 0.423. The number of ether oxygens (including phenoxy) is 2. The Morgan fingerprint density at radius 2 is 1.38 bits per heavy atom. The largest absolute Gasteiger partial charge is 0.493 e. The summed E-state index contributed by atoms with van der Waals surface area (Å²) >= 11 is 1.14. The molecule has 202 valence electrons. The number of amidine groups is 1. The maximum Gasteiger partial charge on any atom is 0.271 e. The van der Waals surface area contributed by atoms with Crippen LogP contribution in [0.2, 0.25) is 0 Å². The molecular weight excluding hydrogens is 551 g/mol. The van der Waals surface area contributed by atoms with Crippen LogP contribution in [0.25, 0.3) is 6.08 Å². The summed E-state index contributed by atoms with van der Waals surface area (Å²) in [7, 11) is 1.23. The minimum Gasteiger partial charge on any atom is -0.493 e. The quantitative estimate of drug-likeness (QED) is 0.102. The number of benzene rings is 4. The minimum atomic E-state index is -2.30. The molecule has 0 aromatic heterocycles. The molecule has 1 heterocycles. The molecule has 0 saturated carbocycles. The summed E-state index contributed by atoms with van der Waals surface area (Å²) in [6, 6.07) is 22.1. The molecule has 5 nitrogen and oxygen atoms in total. The van der Waals surface area contributed by atoms with Gasteiger partial charge in [-0.2, -0.15) is 8.78 Å². The third kappa shape index (κ3) is 5.15. The van der Waals surface area contributed by atoms with E-state index in [1.54, 1.807) is 42.5 Å². The SMILES string of the molecule is COc1cc(/C=C2\SC(=Nc3ccccc3)N(c3ccccc3)C2=O)ccc1Oc1c(F)c(F)c(F)c(F)c1F. The number of halogens is 5. The standard InChI is InChI=1S/C29H17F5N2O3S/c1-38-20-14-16(12-13-19(20)39-27-25(33)23(31)22(30)24(32)26(27)34)15-21-28(37)36(18-10-6-3-7-11-18)29(40-21)35-17-8-4-2-5-9-17/h2-15H,1H3/b21-15-,35-29?. The number of hydrogen-bond donors (Lipinski definition) is 0. The molecular formula is C29H17F5N2O3S. The molecule has 0 bridgehead atoms. The minimum absolute atomic E-state index is 0.0770. The monoisotopic (exact) mass is 568 g/mol. The van der Waals surface area contributed by atoms with Gasteiger partial charge in [0.25, 0.3) is 5.91 Å². The average Bonchev–Trinajstić information content (AvgIpc) is 3.28. The van der Waals surface area contributed by atoms with Crippen molar-refractivity contribution in [2.24, 2.45) is 4.99 Å². The summed E-state index contributed by atoms with van der Waals surface area (Å²) in [5.74, 6) is -13.0. The van der Waals surface area contributed by atoms with E-state index in [9.17, 15) is 26.7 Å². The topological polar surface area (TPSA) is 51.1 Å². The number of rotatable bonds is 6. The predicted molar refractivity (Wildman–Crippen MR) is 142 cm³/mol. The summed E-state index contributed by atoms with van der Waals surface area (Å²) in [6.07, 6.45) is 1.56. The van der Waals surface area contributed by atoms with E-state index in [-0.39, 0.29) is 17.4 Å². The molecule has 5 rings (SSSR count). The Kier molecular flexibility index (Phi) is 7.56. The second-order valence-electron chi connectivity index (χ2n) is 8.23. The van der Waals surface area contributed by atoms with Gasteiger partial charge in [0.15, 0.2) is 16.7 Å². The van der Waals surface area contributed by atoms with E-state index >= 15 is 0 Å². The van der Waals surface area contributed by atoms with E-state index in [4.69, 9.17) is 9.47 Å². The summed E-state index contributed by atoms with van der Waals surface area (Å²) in [5.41, 5.74) is 1.70. The van der Waals surface area contributed by atoms with E-state index in [0.717, 1.165) is 11.8 Å². The van der Waals surface area contributed by atoms with Crippen LogP contribution < -0.4 is 14.4 Å². The van der Waals surface area contributed by atoms with E-state index in [2.05, 4.69) is 4.99 Å². The Hall–Kier alpha value is -4.64. The van der Waals surface area contributed by atoms with Crippen LogP contribution in [-0.4, -0.2) is 18.2 Å². The first-order valence-corrected chi connectivity index (χ1v) is 12.4. The van der Waals surface area contributed by atoms with Crippen molar-refractivity contribution in [1.29, 1.82) is 0 Å². The van der Waals surface area contributed by atoms with Crippen LogP contribution in [-0.2, 0) is 4.79 Å². The zero-order valence-electron chi connectivity index (χ0n) is 20.5. The number of carbonyl (C=O) groups is 1. The number of hydrogen-bond acceptors (Lipinski definition) is 5. The lowest BCUT2D eigenvalue weighted by Gasteiger charge is -2.15. The Morgan fingerprint density at radius 3 is 2.00 bits per heavy atom. The lowest BCUT2D eigenvalue weighted by atomic mass is 10.1. The van der Waals surface area contributed by atoms with E-state index in [0.29, 0.717) is 27.0 Å². The number of amides is 1. The smallest absolute Gasteiger partial charge is 0.271 e. The van der Waals surface area contributed by atoms with Gasteiger partial charge >= 0.3 is 0 Å². The highest BCUT2D eigenvalue weighted by molar-refractivity contribution is 8.19. The summed E-state index contributed by atoms with van der Waals surface area (Å²) in [4.78, 5) is 19.9. The molecule has 1 aliphatic heterocycles. The normalized spacial score (nSPS) is 15.2. The number of thioether (sulfide) groups is 1. The molecule has 0 radical (unpaired) electrons. The molecule has 11 heteroatoms. The van der Waals surface area contributed by atoms with Crippen LogP contribution in [0.15, 0.2) is 88.8 Å². The molecule has 4 aromatic carbocycles. The van der Waals surface area contributed by atoms with Gasteiger partial charge in [0, 0.05) is 0 Å². The van der Waals surface area contributed by atoms with Crippen molar-refractivity contribution >= 4 is 40.3 Å². The maximum absolute atomic E-state index is 14.1. The van der Waals surface area contributed by atoms with Crippen LogP contribution in [0.1, 0.15) is 5.56 Å². The van der Waals surface area contributed by atoms with Crippen molar-refractivity contribution in [2.75, 3.05) is 12.0 Å². The van der Waals surface area contributed by atoms with Gasteiger partial charge in [-0.25, -0.2) is 18.2 Å². The van der Waals surface area contributed by atoms with Gasteiger partial charge in [0.1, 0.15) is 0 Å². The van der Waals surface area contributed by atoms with Crippen LogP contribution in [0.3, 0.4) is 0 Å². The van der Waals surface area contributed by atoms with Gasteiger partial charge in [-0.15, -0.1) is 0 Å². The van der Waals surface area contributed by atoms with Gasteiger partial charge in [-0.1, -0.05) is 42.5 Å². The van der Waals surface area contributed by atoms with Gasteiger partial charge < -0.3 is 9.47 Å². The zero-order chi connectivity index (χ0) is 28.4. The van der Waals surface area contributed by atoms with Crippen molar-refractivity contribution in [1.82, 2.24) is 0 Å². The number of nitrogens with zero attached hydrogens (tertiary/aromatic N) is 2. The first kappa shape index (κ1) is 26.9. The van der Waals surface area contributed by atoms with Gasteiger partial charge in [0.2, 0.25) is 34.8 Å². The van der Waals surface area contributed by atoms with Crippen LogP contribution in [0, 0.1) is 29.1 Å². The highest BCUT2D eigenvalue weighted by Crippen LogP contribution is 2.40. The Labute approximate surface area is 229 Å². The molecule has 4 aromatic rings. The third-order valence-electron chi connectivity index (χ3n) is 5.67. The van der Waals surface area contributed by atoms with E-state index in [1.165, 1.54) is 30.2 Å². The van der Waals surface area contributed by atoms with E-state index in [1.807, 2.05) is 24.3 Å². The summed E-state index contributed by atoms with van der Waals surface area (Å²) < 4.78 is 79.1. The first-order chi connectivity index (χ1) is 19.3. The fraction of sp³-hybridized carbons (Fsp3) is 0.0345. The second kappa shape index (κ2) is 11.2. The lowest BCUT2D eigenvalue weighted by molar-refractivity contribution is -0.113. The van der Waals surface area contributed by atoms with Crippen LogP contribution in [0.5, 0.6) is 17.2 Å². The second-order valence-corrected chi connectivity index (χ2v) is 9.24. The van der Waals surface area contributed by atoms with Crippen molar-refractivity contribution in [3.63, 3.8) is 0 Å². The van der Waals surface area contributed by atoms with Crippen molar-refractivity contribution in [3.05, 3.63) is 118 Å². The maximum atomic E-state index is 14.1. The molecule has 1 amide bonds. The molecule has 1 saturated heterocycles. The van der Waals surface area contributed by atoms with Crippen molar-refractivity contribution in [3.8, 4) is 17.2 Å². The Bertz CT molecular complexity index is 1630. The highest BCUT2D eigenvalue weighted by atomic mass is 32.2. The Balaban J connectivity index is 1.50. The predicted octanol–water partition coefficient (Wildman–Crippen LogP) is 7.99. The third-order valence-corrected chi connectivity index (χ3v) is 6.64. The lowest BCUT2D eigenvalue weighted by Crippen LogP contribution is -2.28. The molecule has 1 aliphatic rings. The number of carbonyl (C=O) groups excluding carboxylic acids is 1. The summed E-state index contributed by atoms with van der Waals surface area (Å²) in [6.45, 7) is 0. The first-order valence-electron chi connectivity index (χ1n) is 11.6. The number of para-hydroxylation sites is 2. The molecule has 0 aliphatic carbocycles. The fourth-order valence-corrected chi connectivity index (χ4v) is 4.76. The Morgan fingerprint density at radius 1 is 0.775 bits per heavy atom. The molecule has 40 heavy (non-hydrogen) atoms. The van der Waals surface area contributed by atoms with Crippen molar-refractivity contribution in [2.45, 2.75) is 0 Å². The van der Waals surface area contributed by atoms with Gasteiger partial charge in [-0.3, -0.25) is 9.69 Å². The number of methoxy groups -OCH3 is 1. The number of aliphatic imine (C=N–C) groups is 1. The van der Waals surface area contributed by atoms with Crippen molar-refractivity contribution < 1.29 is 36.2 Å². The van der Waals surface area contributed by atoms with Gasteiger partial charge in [0.05, 0.1) is 23.4 Å². The zero-order valence-corrected chi connectivity index (χ0v) is 21.3.